The minimum Gasteiger partial charge on any atom is -0.387 e. The SMILES string of the molecule is N#C/C(=C1/CCCN1)c1ccc(Cl)cc1. The van der Waals surface area contributed by atoms with Gasteiger partial charge in [-0.1, -0.05) is 23.7 Å². The highest BCUT2D eigenvalue weighted by Crippen LogP contribution is 2.23. The lowest BCUT2D eigenvalue weighted by Crippen LogP contribution is -2.05. The summed E-state index contributed by atoms with van der Waals surface area (Å²) in [5.41, 5.74) is 2.73. The maximum absolute atomic E-state index is 9.13. The number of rotatable bonds is 1. The van der Waals surface area contributed by atoms with Crippen molar-refractivity contribution in [2.75, 3.05) is 6.54 Å². The van der Waals surface area contributed by atoms with Crippen LogP contribution in [0.1, 0.15) is 18.4 Å². The van der Waals surface area contributed by atoms with Crippen molar-refractivity contribution in [3.8, 4) is 6.07 Å². The van der Waals surface area contributed by atoms with Crippen LogP contribution < -0.4 is 5.32 Å². The third-order valence-electron chi connectivity index (χ3n) is 2.49. The van der Waals surface area contributed by atoms with Gasteiger partial charge in [-0.3, -0.25) is 0 Å². The summed E-state index contributed by atoms with van der Waals surface area (Å²) in [5, 5.41) is 13.1. The maximum Gasteiger partial charge on any atom is 0.102 e. The van der Waals surface area contributed by atoms with E-state index >= 15 is 0 Å². The normalized spacial score (nSPS) is 18.1. The molecule has 76 valence electrons. The first-order valence-corrected chi connectivity index (χ1v) is 5.32. The Labute approximate surface area is 94.2 Å². The Balaban J connectivity index is 2.39. The molecule has 2 nitrogen and oxygen atoms in total. The monoisotopic (exact) mass is 218 g/mol. The summed E-state index contributed by atoms with van der Waals surface area (Å²) >= 11 is 5.80. The van der Waals surface area contributed by atoms with Gasteiger partial charge < -0.3 is 5.32 Å². The van der Waals surface area contributed by atoms with Gasteiger partial charge in [0.15, 0.2) is 0 Å². The molecule has 1 aromatic rings. The van der Waals surface area contributed by atoms with E-state index in [0.717, 1.165) is 36.2 Å². The molecule has 0 atom stereocenters. The van der Waals surface area contributed by atoms with Crippen LogP contribution in [0, 0.1) is 11.3 Å². The smallest absolute Gasteiger partial charge is 0.102 e. The van der Waals surface area contributed by atoms with Crippen LogP contribution in [0.4, 0.5) is 0 Å². The number of nitrogens with one attached hydrogen (secondary N) is 1. The Hall–Kier alpha value is -1.46. The summed E-state index contributed by atoms with van der Waals surface area (Å²) in [7, 11) is 0. The van der Waals surface area contributed by atoms with Gasteiger partial charge in [0.2, 0.25) is 0 Å². The first-order valence-electron chi connectivity index (χ1n) is 4.94. The number of nitrogens with zero attached hydrogens (tertiary/aromatic N) is 1. The molecule has 1 fully saturated rings. The highest BCUT2D eigenvalue weighted by molar-refractivity contribution is 6.30. The second-order valence-electron chi connectivity index (χ2n) is 3.50. The summed E-state index contributed by atoms with van der Waals surface area (Å²) in [5.74, 6) is 0. The molecular weight excluding hydrogens is 208 g/mol. The van der Waals surface area contributed by atoms with Crippen LogP contribution in [-0.4, -0.2) is 6.54 Å². The van der Waals surface area contributed by atoms with Gasteiger partial charge in [-0.2, -0.15) is 5.26 Å². The minimum absolute atomic E-state index is 0.695. The lowest BCUT2D eigenvalue weighted by molar-refractivity contribution is 0.904. The van der Waals surface area contributed by atoms with Crippen LogP contribution in [0.25, 0.3) is 5.57 Å². The predicted molar refractivity (Wildman–Crippen MR) is 61.2 cm³/mol. The molecule has 1 aromatic carbocycles. The van der Waals surface area contributed by atoms with Gasteiger partial charge in [-0.25, -0.2) is 0 Å². The molecule has 3 heteroatoms. The van der Waals surface area contributed by atoms with E-state index in [1.54, 1.807) is 0 Å². The van der Waals surface area contributed by atoms with Crippen LogP contribution in [-0.2, 0) is 0 Å². The minimum atomic E-state index is 0.695. The summed E-state index contributed by atoms with van der Waals surface area (Å²) in [6.07, 6.45) is 2.07. The molecule has 0 bridgehead atoms. The van der Waals surface area contributed by atoms with E-state index in [9.17, 15) is 0 Å². The largest absolute Gasteiger partial charge is 0.387 e. The fourth-order valence-corrected chi connectivity index (χ4v) is 1.86. The van der Waals surface area contributed by atoms with Crippen molar-refractivity contribution in [3.63, 3.8) is 0 Å². The Morgan fingerprint density at radius 2 is 2.07 bits per heavy atom. The van der Waals surface area contributed by atoms with Crippen LogP contribution in [0.3, 0.4) is 0 Å². The van der Waals surface area contributed by atoms with Gasteiger partial charge in [0.05, 0.1) is 5.57 Å². The highest BCUT2D eigenvalue weighted by atomic mass is 35.5. The van der Waals surface area contributed by atoms with Crippen molar-refractivity contribution in [2.24, 2.45) is 0 Å². The Bertz CT molecular complexity index is 418. The van der Waals surface area contributed by atoms with Crippen LogP contribution >= 0.6 is 11.6 Å². The van der Waals surface area contributed by atoms with Gasteiger partial charge in [-0.15, -0.1) is 0 Å². The maximum atomic E-state index is 9.13. The number of nitriles is 1. The highest BCUT2D eigenvalue weighted by Gasteiger charge is 2.12. The molecule has 0 aromatic heterocycles. The summed E-state index contributed by atoms with van der Waals surface area (Å²) in [4.78, 5) is 0. The van der Waals surface area contributed by atoms with Crippen molar-refractivity contribution in [1.29, 1.82) is 5.26 Å². The first-order chi connectivity index (χ1) is 7.31. The molecule has 1 aliphatic heterocycles. The second-order valence-corrected chi connectivity index (χ2v) is 3.94. The molecule has 1 aliphatic rings. The molecule has 1 saturated heterocycles. The van der Waals surface area contributed by atoms with Crippen molar-refractivity contribution >= 4 is 17.2 Å². The van der Waals surface area contributed by atoms with Gasteiger partial charge >= 0.3 is 0 Å². The summed E-state index contributed by atoms with van der Waals surface area (Å²) in [6, 6.07) is 9.64. The summed E-state index contributed by atoms with van der Waals surface area (Å²) in [6.45, 7) is 0.966. The molecular formula is C12H11ClN2. The molecule has 0 saturated carbocycles. The van der Waals surface area contributed by atoms with Crippen molar-refractivity contribution in [2.45, 2.75) is 12.8 Å². The number of hydrogen-bond acceptors (Lipinski definition) is 2. The fourth-order valence-electron chi connectivity index (χ4n) is 1.73. The second kappa shape index (κ2) is 4.37. The van der Waals surface area contributed by atoms with Crippen LogP contribution in [0.5, 0.6) is 0 Å². The number of benzene rings is 1. The fraction of sp³-hybridized carbons (Fsp3) is 0.250. The Kier molecular flexibility index (Phi) is 2.94. The van der Waals surface area contributed by atoms with Crippen molar-refractivity contribution in [3.05, 3.63) is 40.5 Å². The van der Waals surface area contributed by atoms with E-state index in [4.69, 9.17) is 16.9 Å². The van der Waals surface area contributed by atoms with E-state index in [0.29, 0.717) is 5.02 Å². The average Bonchev–Trinajstić information content (AvgIpc) is 2.75. The third-order valence-corrected chi connectivity index (χ3v) is 2.74. The molecule has 1 N–H and O–H groups in total. The topological polar surface area (TPSA) is 35.8 Å². The zero-order valence-corrected chi connectivity index (χ0v) is 9.01. The van der Waals surface area contributed by atoms with E-state index in [2.05, 4.69) is 11.4 Å². The molecule has 0 unspecified atom stereocenters. The van der Waals surface area contributed by atoms with E-state index in [1.807, 2.05) is 24.3 Å². The van der Waals surface area contributed by atoms with Gasteiger partial charge in [0.25, 0.3) is 0 Å². The Morgan fingerprint density at radius 1 is 1.33 bits per heavy atom. The molecule has 1 heterocycles. The molecule has 15 heavy (non-hydrogen) atoms. The lowest BCUT2D eigenvalue weighted by Gasteiger charge is -2.04. The van der Waals surface area contributed by atoms with E-state index in [-0.39, 0.29) is 0 Å². The molecule has 0 spiro atoms. The van der Waals surface area contributed by atoms with Crippen molar-refractivity contribution in [1.82, 2.24) is 5.32 Å². The molecule has 0 amide bonds. The molecule has 0 aliphatic carbocycles. The van der Waals surface area contributed by atoms with Crippen LogP contribution in [0.2, 0.25) is 5.02 Å². The standard InChI is InChI=1S/C12H11ClN2/c13-10-5-3-9(4-6-10)11(8-14)12-2-1-7-15-12/h3-6,15H,1-2,7H2/b12-11+. The molecule has 0 radical (unpaired) electrons. The number of allylic oxidation sites excluding steroid dienone is 2. The zero-order valence-electron chi connectivity index (χ0n) is 8.26. The number of hydrogen-bond donors (Lipinski definition) is 1. The Morgan fingerprint density at radius 3 is 2.60 bits per heavy atom. The third kappa shape index (κ3) is 2.14. The van der Waals surface area contributed by atoms with Gasteiger partial charge in [0.1, 0.15) is 6.07 Å². The zero-order chi connectivity index (χ0) is 10.7. The lowest BCUT2D eigenvalue weighted by atomic mass is 10.0. The van der Waals surface area contributed by atoms with Gasteiger partial charge in [0, 0.05) is 17.3 Å². The van der Waals surface area contributed by atoms with Crippen LogP contribution in [0.15, 0.2) is 30.0 Å². The number of halogens is 1. The van der Waals surface area contributed by atoms with Gasteiger partial charge in [-0.05, 0) is 30.5 Å². The predicted octanol–water partition coefficient (Wildman–Crippen LogP) is 2.96. The quantitative estimate of drug-likeness (QED) is 0.736. The average molecular weight is 219 g/mol. The van der Waals surface area contributed by atoms with E-state index in [1.165, 1.54) is 0 Å². The van der Waals surface area contributed by atoms with E-state index < -0.39 is 0 Å². The first kappa shape index (κ1) is 10.1. The molecule has 2 rings (SSSR count). The van der Waals surface area contributed by atoms with Crippen molar-refractivity contribution < 1.29 is 0 Å². The summed E-state index contributed by atoms with van der Waals surface area (Å²) < 4.78 is 0.